The number of benzene rings is 2. The monoisotopic (exact) mass is 456 g/mol. The number of rotatable bonds is 7. The first-order valence-electron chi connectivity index (χ1n) is 8.15. The Bertz CT molecular complexity index is 834. The van der Waals surface area contributed by atoms with Gasteiger partial charge in [-0.1, -0.05) is 45.7 Å². The second-order valence-electron chi connectivity index (χ2n) is 5.77. The van der Waals surface area contributed by atoms with Crippen molar-refractivity contribution in [1.29, 1.82) is 0 Å². The number of halogens is 3. The van der Waals surface area contributed by atoms with Gasteiger partial charge in [-0.05, 0) is 31.2 Å². The molecule has 0 spiro atoms. The molecule has 0 aliphatic carbocycles. The van der Waals surface area contributed by atoms with Gasteiger partial charge >= 0.3 is 0 Å². The number of hydrogen-bond donors (Lipinski definition) is 1. The molecule has 0 fully saturated rings. The van der Waals surface area contributed by atoms with Crippen molar-refractivity contribution in [3.05, 3.63) is 63.3 Å². The number of carbonyl (C=O) groups is 2. The van der Waals surface area contributed by atoms with Crippen LogP contribution in [-0.2, 0) is 16.1 Å². The van der Waals surface area contributed by atoms with Gasteiger partial charge in [0.1, 0.15) is 17.6 Å². The summed E-state index contributed by atoms with van der Waals surface area (Å²) in [5.74, 6) is -0.933. The summed E-state index contributed by atoms with van der Waals surface area (Å²) in [5.41, 5.74) is 0.309. The van der Waals surface area contributed by atoms with Gasteiger partial charge in [0.05, 0.1) is 5.02 Å². The van der Waals surface area contributed by atoms with Gasteiger partial charge in [0, 0.05) is 23.6 Å². The highest BCUT2D eigenvalue weighted by Crippen LogP contribution is 2.27. The minimum atomic E-state index is -0.800. The highest BCUT2D eigenvalue weighted by Gasteiger charge is 2.26. The lowest BCUT2D eigenvalue weighted by Crippen LogP contribution is -2.48. The lowest BCUT2D eigenvalue weighted by Gasteiger charge is -2.28. The normalized spacial score (nSPS) is 11.6. The minimum absolute atomic E-state index is 0.0580. The number of carbonyl (C=O) groups excluding carboxylic acids is 2. The average molecular weight is 458 g/mol. The van der Waals surface area contributed by atoms with Crippen LogP contribution in [-0.4, -0.2) is 36.4 Å². The van der Waals surface area contributed by atoms with Crippen LogP contribution in [0.5, 0.6) is 5.75 Å². The summed E-state index contributed by atoms with van der Waals surface area (Å²) in [4.78, 5) is 26.0. The highest BCUT2D eigenvalue weighted by molar-refractivity contribution is 9.10. The molecule has 8 heteroatoms. The number of nitrogens with one attached hydrogen (secondary N) is 1. The van der Waals surface area contributed by atoms with Crippen LogP contribution < -0.4 is 10.1 Å². The summed E-state index contributed by atoms with van der Waals surface area (Å²) in [7, 11) is 1.47. The number of likely N-dealkylation sites (N-methyl/N-ethyl adjacent to an activating group) is 1. The average Bonchev–Trinajstić information content (AvgIpc) is 2.65. The summed E-state index contributed by atoms with van der Waals surface area (Å²) in [6, 6.07) is 10.3. The third-order valence-corrected chi connectivity index (χ3v) is 4.75. The molecular weight excluding hydrogens is 439 g/mol. The van der Waals surface area contributed by atoms with Crippen molar-refractivity contribution in [2.24, 2.45) is 0 Å². The van der Waals surface area contributed by atoms with E-state index in [0.717, 1.165) is 4.47 Å². The summed E-state index contributed by atoms with van der Waals surface area (Å²) in [6.45, 7) is 1.18. The molecule has 0 saturated carbocycles. The van der Waals surface area contributed by atoms with Crippen LogP contribution in [0.25, 0.3) is 0 Å². The molecule has 0 aliphatic heterocycles. The maximum Gasteiger partial charge on any atom is 0.261 e. The number of ether oxygens (including phenoxy) is 1. The first-order valence-corrected chi connectivity index (χ1v) is 9.33. The van der Waals surface area contributed by atoms with E-state index in [1.165, 1.54) is 18.0 Å². The van der Waals surface area contributed by atoms with Crippen LogP contribution >= 0.6 is 27.5 Å². The van der Waals surface area contributed by atoms with Crippen molar-refractivity contribution in [3.63, 3.8) is 0 Å². The predicted octanol–water partition coefficient (Wildman–Crippen LogP) is 3.78. The maximum absolute atomic E-state index is 14.0. The lowest BCUT2D eigenvalue weighted by atomic mass is 10.1. The van der Waals surface area contributed by atoms with E-state index in [9.17, 15) is 14.0 Å². The molecule has 0 aromatic heterocycles. The van der Waals surface area contributed by atoms with Gasteiger partial charge in [-0.3, -0.25) is 9.59 Å². The second kappa shape index (κ2) is 9.71. The van der Waals surface area contributed by atoms with Gasteiger partial charge in [-0.25, -0.2) is 4.39 Å². The van der Waals surface area contributed by atoms with E-state index in [1.54, 1.807) is 43.3 Å². The largest absolute Gasteiger partial charge is 0.482 e. The Morgan fingerprint density at radius 2 is 2.00 bits per heavy atom. The van der Waals surface area contributed by atoms with E-state index in [1.807, 2.05) is 0 Å². The van der Waals surface area contributed by atoms with Crippen molar-refractivity contribution in [2.45, 2.75) is 19.5 Å². The van der Waals surface area contributed by atoms with Crippen molar-refractivity contribution < 1.29 is 18.7 Å². The fraction of sp³-hybridized carbons (Fsp3) is 0.263. The molecule has 2 rings (SSSR count). The van der Waals surface area contributed by atoms with Crippen LogP contribution in [0.1, 0.15) is 12.5 Å². The zero-order valence-corrected chi connectivity index (χ0v) is 17.2. The fourth-order valence-electron chi connectivity index (χ4n) is 2.42. The molecule has 2 aromatic carbocycles. The molecule has 5 nitrogen and oxygen atoms in total. The standard InChI is InChI=1S/C19H19BrClFN2O3/c1-12(19(26)23-2)24(10-13-5-3-4-6-16(13)22)18(25)11-27-17-8-7-14(20)9-15(17)21/h3-9,12H,10-11H2,1-2H3,(H,23,26). The third-order valence-electron chi connectivity index (χ3n) is 3.96. The molecule has 1 atom stereocenters. The SMILES string of the molecule is CNC(=O)C(C)N(Cc1ccccc1F)C(=O)COc1ccc(Br)cc1Cl. The Morgan fingerprint density at radius 3 is 2.63 bits per heavy atom. The molecule has 0 aliphatic rings. The zero-order valence-electron chi connectivity index (χ0n) is 14.8. The van der Waals surface area contributed by atoms with Crippen molar-refractivity contribution in [2.75, 3.05) is 13.7 Å². The number of nitrogens with zero attached hydrogens (tertiary/aromatic N) is 1. The summed E-state index contributed by atoms with van der Waals surface area (Å²) >= 11 is 9.38. The molecule has 1 unspecified atom stereocenters. The Hall–Kier alpha value is -2.12. The Labute approximate surface area is 170 Å². The smallest absolute Gasteiger partial charge is 0.261 e. The van der Waals surface area contributed by atoms with Crippen LogP contribution in [0.15, 0.2) is 46.9 Å². The quantitative estimate of drug-likeness (QED) is 0.688. The molecule has 27 heavy (non-hydrogen) atoms. The summed E-state index contributed by atoms with van der Waals surface area (Å²) in [6.07, 6.45) is 0. The van der Waals surface area contributed by atoms with Crippen LogP contribution in [0.2, 0.25) is 5.02 Å². The number of hydrogen-bond acceptors (Lipinski definition) is 3. The van der Waals surface area contributed by atoms with Crippen LogP contribution in [0, 0.1) is 5.82 Å². The lowest BCUT2D eigenvalue weighted by molar-refractivity contribution is -0.142. The van der Waals surface area contributed by atoms with E-state index in [4.69, 9.17) is 16.3 Å². The van der Waals surface area contributed by atoms with Gasteiger partial charge in [-0.2, -0.15) is 0 Å². The molecule has 2 aromatic rings. The minimum Gasteiger partial charge on any atom is -0.482 e. The third kappa shape index (κ3) is 5.68. The van der Waals surface area contributed by atoms with Crippen molar-refractivity contribution >= 4 is 39.3 Å². The first kappa shape index (κ1) is 21.2. The van der Waals surface area contributed by atoms with E-state index >= 15 is 0 Å². The molecule has 144 valence electrons. The summed E-state index contributed by atoms with van der Waals surface area (Å²) < 4.78 is 20.3. The maximum atomic E-state index is 14.0. The topological polar surface area (TPSA) is 58.6 Å². The molecule has 0 radical (unpaired) electrons. The van der Waals surface area contributed by atoms with Crippen LogP contribution in [0.4, 0.5) is 4.39 Å². The number of amides is 2. The first-order chi connectivity index (χ1) is 12.8. The van der Waals surface area contributed by atoms with Gasteiger partial charge in [0.25, 0.3) is 5.91 Å². The van der Waals surface area contributed by atoms with Crippen molar-refractivity contribution in [1.82, 2.24) is 10.2 Å². The fourth-order valence-corrected chi connectivity index (χ4v) is 3.14. The molecule has 1 N–H and O–H groups in total. The van der Waals surface area contributed by atoms with Gasteiger partial charge < -0.3 is 15.0 Å². The van der Waals surface area contributed by atoms with E-state index in [0.29, 0.717) is 16.3 Å². The Morgan fingerprint density at radius 1 is 1.30 bits per heavy atom. The molecule has 0 bridgehead atoms. The second-order valence-corrected chi connectivity index (χ2v) is 7.09. The van der Waals surface area contributed by atoms with Gasteiger partial charge in [0.2, 0.25) is 5.91 Å². The molecule has 2 amide bonds. The highest BCUT2D eigenvalue weighted by atomic mass is 79.9. The Balaban J connectivity index is 2.17. The van der Waals surface area contributed by atoms with Crippen molar-refractivity contribution in [3.8, 4) is 5.75 Å². The van der Waals surface area contributed by atoms with Crippen LogP contribution in [0.3, 0.4) is 0 Å². The summed E-state index contributed by atoms with van der Waals surface area (Å²) in [5, 5.41) is 2.84. The van der Waals surface area contributed by atoms with Gasteiger partial charge in [0.15, 0.2) is 6.61 Å². The van der Waals surface area contributed by atoms with Gasteiger partial charge in [-0.15, -0.1) is 0 Å². The zero-order chi connectivity index (χ0) is 20.0. The molecule has 0 heterocycles. The molecule has 0 saturated heterocycles. The van der Waals surface area contributed by atoms with E-state index in [2.05, 4.69) is 21.2 Å². The van der Waals surface area contributed by atoms with E-state index in [-0.39, 0.29) is 19.1 Å². The predicted molar refractivity (Wildman–Crippen MR) is 105 cm³/mol. The molecular formula is C19H19BrClFN2O3. The Kier molecular flexibility index (Phi) is 7.62. The van der Waals surface area contributed by atoms with E-state index < -0.39 is 17.8 Å².